The van der Waals surface area contributed by atoms with E-state index in [-0.39, 0.29) is 18.0 Å². The molecule has 2 atom stereocenters. The molecule has 1 fully saturated rings. The highest BCUT2D eigenvalue weighted by atomic mass is 19.1. The highest BCUT2D eigenvalue weighted by Gasteiger charge is 2.23. The van der Waals surface area contributed by atoms with Crippen LogP contribution in [0, 0.1) is 11.7 Å². The van der Waals surface area contributed by atoms with Gasteiger partial charge in [-0.3, -0.25) is 9.89 Å². The molecule has 2 rings (SSSR count). The summed E-state index contributed by atoms with van der Waals surface area (Å²) in [5.41, 5.74) is 0.964. The average Bonchev–Trinajstić information content (AvgIpc) is 2.72. The Labute approximate surface area is 174 Å². The molecular weight excluding hydrogens is 371 g/mol. The van der Waals surface area contributed by atoms with E-state index in [0.717, 1.165) is 44.2 Å². The average molecular weight is 409 g/mol. The second-order valence-corrected chi connectivity index (χ2v) is 7.63. The number of rotatable bonds is 10. The summed E-state index contributed by atoms with van der Waals surface area (Å²) in [5, 5.41) is 6.79. The molecule has 164 valence electrons. The van der Waals surface area contributed by atoms with Gasteiger partial charge in [0.25, 0.3) is 0 Å². The maximum Gasteiger partial charge on any atom is 0.191 e. The zero-order valence-electron chi connectivity index (χ0n) is 18.3. The molecule has 1 aromatic rings. The fourth-order valence-electron chi connectivity index (χ4n) is 3.63. The van der Waals surface area contributed by atoms with Gasteiger partial charge in [-0.05, 0) is 37.0 Å². The lowest BCUT2D eigenvalue weighted by Crippen LogP contribution is -2.46. The van der Waals surface area contributed by atoms with Crippen molar-refractivity contribution in [2.75, 3.05) is 53.0 Å². The van der Waals surface area contributed by atoms with Crippen LogP contribution in [-0.2, 0) is 9.47 Å². The molecule has 1 aliphatic rings. The van der Waals surface area contributed by atoms with Crippen molar-refractivity contribution in [3.63, 3.8) is 0 Å². The molecule has 1 aliphatic heterocycles. The van der Waals surface area contributed by atoms with E-state index in [0.29, 0.717) is 25.7 Å². The zero-order valence-corrected chi connectivity index (χ0v) is 18.3. The number of aliphatic imine (C=N–C) groups is 1. The van der Waals surface area contributed by atoms with Crippen molar-refractivity contribution < 1.29 is 13.9 Å². The molecule has 0 amide bonds. The maximum absolute atomic E-state index is 13.8. The van der Waals surface area contributed by atoms with Crippen LogP contribution in [0.15, 0.2) is 29.3 Å². The van der Waals surface area contributed by atoms with Crippen LogP contribution in [0.4, 0.5) is 4.39 Å². The zero-order chi connectivity index (χ0) is 21.1. The van der Waals surface area contributed by atoms with E-state index in [9.17, 15) is 4.39 Å². The molecule has 6 nitrogen and oxygen atoms in total. The third-order valence-corrected chi connectivity index (χ3v) is 5.25. The first-order chi connectivity index (χ1) is 14.0. The predicted molar refractivity (Wildman–Crippen MR) is 116 cm³/mol. The highest BCUT2D eigenvalue weighted by molar-refractivity contribution is 5.79. The molecule has 0 spiro atoms. The van der Waals surface area contributed by atoms with Crippen LogP contribution in [0.3, 0.4) is 0 Å². The summed E-state index contributed by atoms with van der Waals surface area (Å²) in [6.45, 7) is 11.6. The van der Waals surface area contributed by atoms with Crippen molar-refractivity contribution in [2.45, 2.75) is 39.3 Å². The number of nitrogens with zero attached hydrogens (tertiary/aromatic N) is 2. The summed E-state index contributed by atoms with van der Waals surface area (Å²) < 4.78 is 25.1. The van der Waals surface area contributed by atoms with Crippen LogP contribution in [-0.4, -0.2) is 70.0 Å². The summed E-state index contributed by atoms with van der Waals surface area (Å²) in [7, 11) is 1.77. The molecule has 1 aromatic carbocycles. The fraction of sp³-hybridized carbons (Fsp3) is 0.682. The topological polar surface area (TPSA) is 58.1 Å². The minimum absolute atomic E-state index is 0.0555. The lowest BCUT2D eigenvalue weighted by molar-refractivity contribution is 0.0169. The highest BCUT2D eigenvalue weighted by Crippen LogP contribution is 2.22. The minimum Gasteiger partial charge on any atom is -0.379 e. The summed E-state index contributed by atoms with van der Waals surface area (Å²) in [6.07, 6.45) is 1.15. The van der Waals surface area contributed by atoms with Crippen LogP contribution in [0.25, 0.3) is 0 Å². The van der Waals surface area contributed by atoms with Gasteiger partial charge in [0, 0.05) is 39.8 Å². The number of guanidine groups is 1. The first kappa shape index (κ1) is 23.6. The largest absolute Gasteiger partial charge is 0.379 e. The Morgan fingerprint density at radius 2 is 2.03 bits per heavy atom. The van der Waals surface area contributed by atoms with Crippen molar-refractivity contribution in [3.05, 3.63) is 35.6 Å². The Bertz CT molecular complexity index is 621. The molecule has 0 aliphatic carbocycles. The first-order valence-corrected chi connectivity index (χ1v) is 10.7. The molecule has 0 bridgehead atoms. The Morgan fingerprint density at radius 3 is 2.66 bits per heavy atom. The van der Waals surface area contributed by atoms with Crippen LogP contribution in [0.5, 0.6) is 0 Å². The van der Waals surface area contributed by atoms with E-state index in [1.54, 1.807) is 19.2 Å². The van der Waals surface area contributed by atoms with Gasteiger partial charge in [0.2, 0.25) is 0 Å². The molecular formula is C22H37FN4O2. The number of hydrogen-bond donors (Lipinski definition) is 2. The summed E-state index contributed by atoms with van der Waals surface area (Å²) >= 11 is 0. The molecule has 1 saturated heterocycles. The number of hydrogen-bond acceptors (Lipinski definition) is 4. The molecule has 7 heteroatoms. The Morgan fingerprint density at radius 1 is 1.28 bits per heavy atom. The molecule has 29 heavy (non-hydrogen) atoms. The Kier molecular flexibility index (Phi) is 10.4. The van der Waals surface area contributed by atoms with E-state index in [4.69, 9.17) is 9.47 Å². The van der Waals surface area contributed by atoms with E-state index < -0.39 is 0 Å². The van der Waals surface area contributed by atoms with Gasteiger partial charge in [0.1, 0.15) is 5.82 Å². The number of morpholine rings is 1. The van der Waals surface area contributed by atoms with E-state index in [2.05, 4.69) is 34.4 Å². The third kappa shape index (κ3) is 7.91. The normalized spacial score (nSPS) is 17.9. The molecule has 0 saturated carbocycles. The number of benzene rings is 1. The first-order valence-electron chi connectivity index (χ1n) is 10.7. The molecule has 0 aromatic heterocycles. The van der Waals surface area contributed by atoms with Crippen LogP contribution < -0.4 is 10.6 Å². The van der Waals surface area contributed by atoms with Gasteiger partial charge in [-0.1, -0.05) is 26.0 Å². The van der Waals surface area contributed by atoms with Crippen LogP contribution in [0.2, 0.25) is 0 Å². The fourth-order valence-corrected chi connectivity index (χ4v) is 3.63. The van der Waals surface area contributed by atoms with Crippen LogP contribution >= 0.6 is 0 Å². The van der Waals surface area contributed by atoms with Crippen LogP contribution in [0.1, 0.15) is 38.8 Å². The molecule has 2 unspecified atom stereocenters. The molecule has 2 N–H and O–H groups in total. The van der Waals surface area contributed by atoms with Gasteiger partial charge in [-0.15, -0.1) is 0 Å². The maximum atomic E-state index is 13.8. The lowest BCUT2D eigenvalue weighted by atomic mass is 10.0. The van der Waals surface area contributed by atoms with Gasteiger partial charge in [0.05, 0.1) is 25.4 Å². The number of nitrogens with one attached hydrogen (secondary N) is 2. The minimum atomic E-state index is -0.209. The van der Waals surface area contributed by atoms with Crippen molar-refractivity contribution in [1.29, 1.82) is 0 Å². The Hall–Kier alpha value is -1.70. The van der Waals surface area contributed by atoms with Crippen molar-refractivity contribution in [1.82, 2.24) is 15.5 Å². The van der Waals surface area contributed by atoms with E-state index >= 15 is 0 Å². The van der Waals surface area contributed by atoms with Gasteiger partial charge < -0.3 is 20.1 Å². The predicted octanol–water partition coefficient (Wildman–Crippen LogP) is 2.82. The van der Waals surface area contributed by atoms with Gasteiger partial charge in [0.15, 0.2) is 5.96 Å². The summed E-state index contributed by atoms with van der Waals surface area (Å²) in [6, 6.07) is 6.91. The van der Waals surface area contributed by atoms with Gasteiger partial charge in [-0.25, -0.2) is 4.39 Å². The molecule has 1 heterocycles. The second-order valence-electron chi connectivity index (χ2n) is 7.63. The van der Waals surface area contributed by atoms with E-state index in [1.165, 1.54) is 6.07 Å². The SMILES string of the molecule is CCOC(CCNC(=NC)NCC(c1cccc(F)c1)N1CCOCC1)C(C)C. The van der Waals surface area contributed by atoms with Crippen molar-refractivity contribution in [2.24, 2.45) is 10.9 Å². The standard InChI is InChI=1S/C22H37FN4O2/c1-5-29-21(17(2)3)9-10-25-22(24-4)26-16-20(27-11-13-28-14-12-27)18-7-6-8-19(23)15-18/h6-8,15,17,20-21H,5,9-14,16H2,1-4H3,(H2,24,25,26). The summed E-state index contributed by atoms with van der Waals surface area (Å²) in [4.78, 5) is 6.68. The number of halogens is 1. The quantitative estimate of drug-likeness (QED) is 0.461. The van der Waals surface area contributed by atoms with Crippen molar-refractivity contribution >= 4 is 5.96 Å². The lowest BCUT2D eigenvalue weighted by Gasteiger charge is -2.35. The molecule has 0 radical (unpaired) electrons. The van der Waals surface area contributed by atoms with Crippen molar-refractivity contribution in [3.8, 4) is 0 Å². The third-order valence-electron chi connectivity index (χ3n) is 5.25. The van der Waals surface area contributed by atoms with E-state index in [1.807, 2.05) is 13.0 Å². The smallest absolute Gasteiger partial charge is 0.191 e. The monoisotopic (exact) mass is 408 g/mol. The van der Waals surface area contributed by atoms with Gasteiger partial charge >= 0.3 is 0 Å². The van der Waals surface area contributed by atoms with Gasteiger partial charge in [-0.2, -0.15) is 0 Å². The Balaban J connectivity index is 1.93. The number of ether oxygens (including phenoxy) is 2. The summed E-state index contributed by atoms with van der Waals surface area (Å²) in [5.74, 6) is 1.02. The second kappa shape index (κ2) is 12.8.